The summed E-state index contributed by atoms with van der Waals surface area (Å²) in [5, 5.41) is 9.50. The number of unbranched alkanes of at least 4 members (excludes halogenated alkanes) is 1. The Kier molecular flexibility index (Phi) is 11.2. The van der Waals surface area contributed by atoms with Crippen molar-refractivity contribution in [3.63, 3.8) is 0 Å². The minimum Gasteiger partial charge on any atom is -0.355 e. The molecule has 2 rings (SSSR count). The highest BCUT2D eigenvalue weighted by Crippen LogP contribution is 2.04. The van der Waals surface area contributed by atoms with Crippen molar-refractivity contribution >= 4 is 35.8 Å². The first-order valence-electron chi connectivity index (χ1n) is 9.15. The van der Waals surface area contributed by atoms with E-state index in [9.17, 15) is 4.79 Å². The van der Waals surface area contributed by atoms with E-state index in [0.29, 0.717) is 12.1 Å². The quantitative estimate of drug-likeness (QED) is 0.222. The predicted octanol–water partition coefficient (Wildman–Crippen LogP) is 3.00. The lowest BCUT2D eigenvalue weighted by Gasteiger charge is -2.12. The molecule has 0 unspecified atom stereocenters. The predicted molar refractivity (Wildman–Crippen MR) is 122 cm³/mol. The van der Waals surface area contributed by atoms with E-state index in [2.05, 4.69) is 32.4 Å². The van der Waals surface area contributed by atoms with Crippen molar-refractivity contribution in [2.45, 2.75) is 32.9 Å². The molecule has 1 aromatic heterocycles. The third-order valence-electron chi connectivity index (χ3n) is 4.04. The number of nitrogens with one attached hydrogen (secondary N) is 3. The number of halogens is 1. The molecule has 27 heavy (non-hydrogen) atoms. The fraction of sp³-hybridized carbons (Fsp3) is 0.400. The molecule has 1 heterocycles. The molecule has 0 atom stereocenters. The van der Waals surface area contributed by atoms with Crippen molar-refractivity contribution in [1.82, 2.24) is 20.5 Å². The van der Waals surface area contributed by atoms with Gasteiger partial charge in [-0.2, -0.15) is 0 Å². The van der Waals surface area contributed by atoms with Crippen LogP contribution in [0.25, 0.3) is 0 Å². The molecule has 0 fully saturated rings. The molecular weight excluding hydrogens is 453 g/mol. The molecule has 0 spiro atoms. The zero-order valence-corrected chi connectivity index (χ0v) is 18.4. The smallest absolute Gasteiger partial charge is 0.251 e. The first-order chi connectivity index (χ1) is 12.7. The summed E-state index contributed by atoms with van der Waals surface area (Å²) in [6.45, 7) is 5.17. The van der Waals surface area contributed by atoms with Gasteiger partial charge in [0.15, 0.2) is 5.96 Å². The first-order valence-corrected chi connectivity index (χ1v) is 9.15. The Morgan fingerprint density at radius 3 is 2.37 bits per heavy atom. The molecule has 1 amide bonds. The maximum absolute atomic E-state index is 12.0. The monoisotopic (exact) mass is 483 g/mol. The summed E-state index contributed by atoms with van der Waals surface area (Å²) in [4.78, 5) is 16.2. The highest BCUT2D eigenvalue weighted by Gasteiger charge is 2.05. The summed E-state index contributed by atoms with van der Waals surface area (Å²) in [5.41, 5.74) is 1.79. The van der Waals surface area contributed by atoms with Crippen molar-refractivity contribution in [2.75, 3.05) is 20.1 Å². The number of rotatable bonds is 9. The van der Waals surface area contributed by atoms with Crippen LogP contribution in [0, 0.1) is 0 Å². The summed E-state index contributed by atoms with van der Waals surface area (Å²) in [6, 6.07) is 11.7. The summed E-state index contributed by atoms with van der Waals surface area (Å²) in [5.74, 6) is 0.749. The largest absolute Gasteiger partial charge is 0.355 e. The van der Waals surface area contributed by atoms with Crippen molar-refractivity contribution in [3.05, 3.63) is 59.9 Å². The molecule has 0 aliphatic rings. The average Bonchev–Trinajstić information content (AvgIpc) is 3.18. The molecule has 0 aliphatic heterocycles. The summed E-state index contributed by atoms with van der Waals surface area (Å²) in [7, 11) is 1.76. The van der Waals surface area contributed by atoms with Gasteiger partial charge in [0.05, 0.1) is 0 Å². The second-order valence-corrected chi connectivity index (χ2v) is 6.08. The van der Waals surface area contributed by atoms with Crippen LogP contribution in [0.2, 0.25) is 0 Å². The number of hydrogen-bond acceptors (Lipinski definition) is 2. The van der Waals surface area contributed by atoms with Gasteiger partial charge in [-0.25, -0.2) is 0 Å². The Bertz CT molecular complexity index is 683. The Hall–Kier alpha value is -2.03. The lowest BCUT2D eigenvalue weighted by atomic mass is 10.1. The number of amides is 1. The standard InChI is InChI=1S/C20H29N5O.HI/c1-3-4-11-22-19(26)18-9-7-17(8-10-18)16-24-20(21-2)23-12-15-25-13-5-6-14-25;/h5-10,13-14H,3-4,11-12,15-16H2,1-2H3,(H,22,26)(H2,21,23,24);1H. The maximum atomic E-state index is 12.0. The van der Waals surface area contributed by atoms with E-state index < -0.39 is 0 Å². The van der Waals surface area contributed by atoms with Crippen LogP contribution in [-0.2, 0) is 13.1 Å². The number of carbonyl (C=O) groups is 1. The van der Waals surface area contributed by atoms with Gasteiger partial charge in [-0.05, 0) is 36.2 Å². The third-order valence-corrected chi connectivity index (χ3v) is 4.04. The number of benzene rings is 1. The molecule has 148 valence electrons. The van der Waals surface area contributed by atoms with Crippen LogP contribution in [0.1, 0.15) is 35.7 Å². The van der Waals surface area contributed by atoms with Gasteiger partial charge in [-0.3, -0.25) is 9.79 Å². The highest BCUT2D eigenvalue weighted by atomic mass is 127. The molecule has 1 aromatic carbocycles. The van der Waals surface area contributed by atoms with Crippen LogP contribution in [0.15, 0.2) is 53.8 Å². The third kappa shape index (κ3) is 8.47. The molecular formula is C20H30IN5O. The molecule has 7 heteroatoms. The molecule has 0 saturated carbocycles. The van der Waals surface area contributed by atoms with Crippen LogP contribution < -0.4 is 16.0 Å². The second-order valence-electron chi connectivity index (χ2n) is 6.08. The highest BCUT2D eigenvalue weighted by molar-refractivity contribution is 14.0. The van der Waals surface area contributed by atoms with Crippen molar-refractivity contribution in [1.29, 1.82) is 0 Å². The molecule has 0 radical (unpaired) electrons. The van der Waals surface area contributed by atoms with Gasteiger partial charge < -0.3 is 20.5 Å². The van der Waals surface area contributed by atoms with Gasteiger partial charge in [0, 0.05) is 51.2 Å². The molecule has 6 nitrogen and oxygen atoms in total. The van der Waals surface area contributed by atoms with E-state index >= 15 is 0 Å². The molecule has 0 saturated heterocycles. The molecule has 0 aliphatic carbocycles. The van der Waals surface area contributed by atoms with Crippen molar-refractivity contribution < 1.29 is 4.79 Å². The Labute approximate surface area is 178 Å². The van der Waals surface area contributed by atoms with E-state index in [1.807, 2.05) is 48.8 Å². The van der Waals surface area contributed by atoms with Crippen LogP contribution >= 0.6 is 24.0 Å². The SMILES string of the molecule is CCCCNC(=O)c1ccc(CNC(=NC)NCCn2cccc2)cc1.I. The molecule has 3 N–H and O–H groups in total. The number of nitrogens with zero attached hydrogens (tertiary/aromatic N) is 2. The van der Waals surface area contributed by atoms with Gasteiger partial charge >= 0.3 is 0 Å². The minimum atomic E-state index is -0.0135. The second kappa shape index (κ2) is 13.2. The van der Waals surface area contributed by atoms with Gasteiger partial charge in [-0.1, -0.05) is 25.5 Å². The molecule has 0 bridgehead atoms. The Morgan fingerprint density at radius 2 is 1.74 bits per heavy atom. The van der Waals surface area contributed by atoms with E-state index in [1.165, 1.54) is 0 Å². The Balaban J connectivity index is 0.00000364. The number of guanidine groups is 1. The zero-order chi connectivity index (χ0) is 18.6. The number of aromatic nitrogens is 1. The van der Waals surface area contributed by atoms with Crippen molar-refractivity contribution in [2.24, 2.45) is 4.99 Å². The number of aliphatic imine (C=N–C) groups is 1. The van der Waals surface area contributed by atoms with E-state index in [0.717, 1.165) is 44.0 Å². The topological polar surface area (TPSA) is 70.4 Å². The van der Waals surface area contributed by atoms with Crippen molar-refractivity contribution in [3.8, 4) is 0 Å². The van der Waals surface area contributed by atoms with E-state index in [4.69, 9.17) is 0 Å². The lowest BCUT2D eigenvalue weighted by molar-refractivity contribution is 0.0953. The van der Waals surface area contributed by atoms with Crippen LogP contribution in [0.5, 0.6) is 0 Å². The van der Waals surface area contributed by atoms with Gasteiger partial charge in [0.25, 0.3) is 5.91 Å². The van der Waals surface area contributed by atoms with Crippen LogP contribution in [0.3, 0.4) is 0 Å². The minimum absolute atomic E-state index is 0. The maximum Gasteiger partial charge on any atom is 0.251 e. The average molecular weight is 483 g/mol. The van der Waals surface area contributed by atoms with Gasteiger partial charge in [0.1, 0.15) is 0 Å². The fourth-order valence-corrected chi connectivity index (χ4v) is 2.48. The van der Waals surface area contributed by atoms with Crippen LogP contribution in [0.4, 0.5) is 0 Å². The molecule has 2 aromatic rings. The van der Waals surface area contributed by atoms with E-state index in [1.54, 1.807) is 7.05 Å². The summed E-state index contributed by atoms with van der Waals surface area (Å²) in [6.07, 6.45) is 6.16. The number of hydrogen-bond donors (Lipinski definition) is 3. The lowest BCUT2D eigenvalue weighted by Crippen LogP contribution is -2.38. The summed E-state index contributed by atoms with van der Waals surface area (Å²) >= 11 is 0. The normalized spacial score (nSPS) is 10.8. The Morgan fingerprint density at radius 1 is 1.04 bits per heavy atom. The van der Waals surface area contributed by atoms with Gasteiger partial charge in [0.2, 0.25) is 0 Å². The first kappa shape index (κ1) is 23.0. The fourth-order valence-electron chi connectivity index (χ4n) is 2.48. The zero-order valence-electron chi connectivity index (χ0n) is 16.1. The van der Waals surface area contributed by atoms with Crippen LogP contribution in [-0.4, -0.2) is 36.6 Å². The number of carbonyl (C=O) groups excluding carboxylic acids is 1. The summed E-state index contributed by atoms with van der Waals surface area (Å²) < 4.78 is 2.12. The van der Waals surface area contributed by atoms with Gasteiger partial charge in [-0.15, -0.1) is 24.0 Å². The van der Waals surface area contributed by atoms with E-state index in [-0.39, 0.29) is 29.9 Å².